The van der Waals surface area contributed by atoms with Gasteiger partial charge in [-0.15, -0.1) is 0 Å². The van der Waals surface area contributed by atoms with Crippen LogP contribution in [0.15, 0.2) is 18.3 Å². The SMILES string of the molecule is CCOC(=O)CN(CCOC)Cc1ccnc(C#N)c1. The van der Waals surface area contributed by atoms with E-state index < -0.39 is 0 Å². The molecule has 0 aliphatic rings. The van der Waals surface area contributed by atoms with Crippen molar-refractivity contribution in [3.63, 3.8) is 0 Å². The van der Waals surface area contributed by atoms with Gasteiger partial charge in [-0.3, -0.25) is 9.69 Å². The van der Waals surface area contributed by atoms with E-state index in [-0.39, 0.29) is 12.5 Å². The van der Waals surface area contributed by atoms with Crippen LogP contribution in [0.25, 0.3) is 0 Å². The van der Waals surface area contributed by atoms with E-state index in [9.17, 15) is 4.79 Å². The minimum Gasteiger partial charge on any atom is -0.465 e. The highest BCUT2D eigenvalue weighted by atomic mass is 16.5. The molecule has 6 nitrogen and oxygen atoms in total. The van der Waals surface area contributed by atoms with Crippen molar-refractivity contribution in [1.29, 1.82) is 5.26 Å². The Hall–Kier alpha value is -1.97. The number of carbonyl (C=O) groups is 1. The van der Waals surface area contributed by atoms with Gasteiger partial charge in [-0.25, -0.2) is 4.98 Å². The smallest absolute Gasteiger partial charge is 0.320 e. The monoisotopic (exact) mass is 277 g/mol. The molecule has 0 spiro atoms. The van der Waals surface area contributed by atoms with Crippen LogP contribution < -0.4 is 0 Å². The zero-order valence-electron chi connectivity index (χ0n) is 11.8. The molecule has 0 aliphatic heterocycles. The van der Waals surface area contributed by atoms with Gasteiger partial charge in [0.05, 0.1) is 19.8 Å². The van der Waals surface area contributed by atoms with Crippen molar-refractivity contribution < 1.29 is 14.3 Å². The third-order valence-corrected chi connectivity index (χ3v) is 2.61. The fourth-order valence-corrected chi connectivity index (χ4v) is 1.72. The number of ether oxygens (including phenoxy) is 2. The molecule has 0 aliphatic carbocycles. The lowest BCUT2D eigenvalue weighted by Crippen LogP contribution is -2.33. The molecule has 0 radical (unpaired) electrons. The molecule has 0 bridgehead atoms. The summed E-state index contributed by atoms with van der Waals surface area (Å²) in [5.41, 5.74) is 1.29. The van der Waals surface area contributed by atoms with Gasteiger partial charge in [-0.05, 0) is 24.6 Å². The highest BCUT2D eigenvalue weighted by molar-refractivity contribution is 5.71. The first kappa shape index (κ1) is 16.1. The minimum atomic E-state index is -0.266. The summed E-state index contributed by atoms with van der Waals surface area (Å²) in [4.78, 5) is 17.4. The topological polar surface area (TPSA) is 75.4 Å². The molecule has 0 aromatic carbocycles. The summed E-state index contributed by atoms with van der Waals surface area (Å²) in [6, 6.07) is 5.54. The van der Waals surface area contributed by atoms with Gasteiger partial charge in [0.1, 0.15) is 11.8 Å². The molecule has 20 heavy (non-hydrogen) atoms. The summed E-state index contributed by atoms with van der Waals surface area (Å²) < 4.78 is 9.99. The van der Waals surface area contributed by atoms with Crippen LogP contribution in [0.1, 0.15) is 18.2 Å². The Morgan fingerprint density at radius 1 is 1.55 bits per heavy atom. The van der Waals surface area contributed by atoms with Gasteiger partial charge in [-0.1, -0.05) is 0 Å². The molecule has 0 saturated heterocycles. The Labute approximate surface area is 118 Å². The first-order chi connectivity index (χ1) is 9.69. The lowest BCUT2D eigenvalue weighted by atomic mass is 10.2. The van der Waals surface area contributed by atoms with Crippen LogP contribution in [0.2, 0.25) is 0 Å². The van der Waals surface area contributed by atoms with Crippen molar-refractivity contribution >= 4 is 5.97 Å². The van der Waals surface area contributed by atoms with Crippen molar-refractivity contribution in [3.05, 3.63) is 29.6 Å². The summed E-state index contributed by atoms with van der Waals surface area (Å²) >= 11 is 0. The van der Waals surface area contributed by atoms with Gasteiger partial charge in [0, 0.05) is 26.4 Å². The van der Waals surface area contributed by atoms with E-state index in [1.807, 2.05) is 17.0 Å². The average Bonchev–Trinajstić information content (AvgIpc) is 2.45. The minimum absolute atomic E-state index is 0.196. The van der Waals surface area contributed by atoms with Crippen LogP contribution in [0.3, 0.4) is 0 Å². The number of rotatable bonds is 8. The average molecular weight is 277 g/mol. The second-order valence-electron chi connectivity index (χ2n) is 4.17. The van der Waals surface area contributed by atoms with Crippen LogP contribution in [0.5, 0.6) is 0 Å². The van der Waals surface area contributed by atoms with E-state index in [4.69, 9.17) is 14.7 Å². The fourth-order valence-electron chi connectivity index (χ4n) is 1.72. The Morgan fingerprint density at radius 2 is 2.35 bits per heavy atom. The highest BCUT2D eigenvalue weighted by Gasteiger charge is 2.12. The summed E-state index contributed by atoms with van der Waals surface area (Å²) in [6.45, 7) is 4.01. The number of hydrogen-bond donors (Lipinski definition) is 0. The van der Waals surface area contributed by atoms with E-state index in [1.165, 1.54) is 0 Å². The predicted molar refractivity (Wildman–Crippen MR) is 72.7 cm³/mol. The number of methoxy groups -OCH3 is 1. The van der Waals surface area contributed by atoms with E-state index in [0.29, 0.717) is 32.0 Å². The molecule has 0 fully saturated rings. The van der Waals surface area contributed by atoms with Crippen molar-refractivity contribution in [3.8, 4) is 6.07 Å². The van der Waals surface area contributed by atoms with Gasteiger partial charge in [-0.2, -0.15) is 5.26 Å². The maximum atomic E-state index is 11.6. The second-order valence-corrected chi connectivity index (χ2v) is 4.17. The highest BCUT2D eigenvalue weighted by Crippen LogP contribution is 2.06. The van der Waals surface area contributed by atoms with Gasteiger partial charge in [0.15, 0.2) is 0 Å². The van der Waals surface area contributed by atoms with Crippen molar-refractivity contribution in [2.24, 2.45) is 0 Å². The normalized spacial score (nSPS) is 10.3. The lowest BCUT2D eigenvalue weighted by molar-refractivity contribution is -0.144. The second kappa shape index (κ2) is 9.02. The van der Waals surface area contributed by atoms with Crippen molar-refractivity contribution in [2.75, 3.05) is 33.4 Å². The van der Waals surface area contributed by atoms with Gasteiger partial charge >= 0.3 is 5.97 Å². The number of nitriles is 1. The van der Waals surface area contributed by atoms with Crippen molar-refractivity contribution in [2.45, 2.75) is 13.5 Å². The predicted octanol–water partition coefficient (Wildman–Crippen LogP) is 0.965. The molecule has 1 aromatic rings. The Kier molecular flexibility index (Phi) is 7.25. The zero-order valence-corrected chi connectivity index (χ0v) is 11.8. The maximum absolute atomic E-state index is 11.6. The molecular weight excluding hydrogens is 258 g/mol. The number of nitrogens with zero attached hydrogens (tertiary/aromatic N) is 3. The first-order valence-corrected chi connectivity index (χ1v) is 6.41. The van der Waals surface area contributed by atoms with Crippen molar-refractivity contribution in [1.82, 2.24) is 9.88 Å². The molecule has 6 heteroatoms. The van der Waals surface area contributed by atoms with E-state index in [0.717, 1.165) is 5.56 Å². The number of aromatic nitrogens is 1. The summed E-state index contributed by atoms with van der Waals surface area (Å²) in [7, 11) is 1.61. The first-order valence-electron chi connectivity index (χ1n) is 6.41. The third-order valence-electron chi connectivity index (χ3n) is 2.61. The standard InChI is InChI=1S/C14H19N3O3/c1-3-20-14(18)11-17(6-7-19-2)10-12-4-5-16-13(8-12)9-15/h4-5,8H,3,6-7,10-11H2,1-2H3. The van der Waals surface area contributed by atoms with E-state index >= 15 is 0 Å². The Balaban J connectivity index is 2.67. The van der Waals surface area contributed by atoms with Crippen LogP contribution in [-0.2, 0) is 20.8 Å². The lowest BCUT2D eigenvalue weighted by Gasteiger charge is -2.20. The molecule has 1 aromatic heterocycles. The molecule has 1 heterocycles. The Morgan fingerprint density at radius 3 is 3.00 bits per heavy atom. The van der Waals surface area contributed by atoms with Gasteiger partial charge in [0.2, 0.25) is 0 Å². The number of hydrogen-bond acceptors (Lipinski definition) is 6. The number of esters is 1. The summed E-state index contributed by atoms with van der Waals surface area (Å²) in [5.74, 6) is -0.266. The molecule has 0 unspecified atom stereocenters. The molecule has 0 saturated carbocycles. The zero-order chi connectivity index (χ0) is 14.8. The fraction of sp³-hybridized carbons (Fsp3) is 0.500. The number of pyridine rings is 1. The van der Waals surface area contributed by atoms with Crippen LogP contribution >= 0.6 is 0 Å². The van der Waals surface area contributed by atoms with Crippen LogP contribution in [0, 0.1) is 11.3 Å². The maximum Gasteiger partial charge on any atom is 0.320 e. The molecule has 0 amide bonds. The largest absolute Gasteiger partial charge is 0.465 e. The van der Waals surface area contributed by atoms with Crippen LogP contribution in [-0.4, -0.2) is 49.3 Å². The van der Waals surface area contributed by atoms with Crippen LogP contribution in [0.4, 0.5) is 0 Å². The van der Waals surface area contributed by atoms with E-state index in [2.05, 4.69) is 4.98 Å². The molecule has 0 atom stereocenters. The van der Waals surface area contributed by atoms with E-state index in [1.54, 1.807) is 26.3 Å². The molecule has 0 N–H and O–H groups in total. The quantitative estimate of drug-likeness (QED) is 0.659. The number of carbonyl (C=O) groups excluding carboxylic acids is 1. The summed E-state index contributed by atoms with van der Waals surface area (Å²) in [6.07, 6.45) is 1.59. The molecule has 108 valence electrons. The molecular formula is C14H19N3O3. The summed E-state index contributed by atoms with van der Waals surface area (Å²) in [5, 5.41) is 8.83. The third kappa shape index (κ3) is 5.78. The Bertz CT molecular complexity index is 471. The molecule has 1 rings (SSSR count). The van der Waals surface area contributed by atoms with Gasteiger partial charge in [0.25, 0.3) is 0 Å². The van der Waals surface area contributed by atoms with Gasteiger partial charge < -0.3 is 9.47 Å².